The Balaban J connectivity index is 1.39. The number of aryl methyl sites for hydroxylation is 1. The van der Waals surface area contributed by atoms with Crippen LogP contribution in [0.2, 0.25) is 0 Å². The molecule has 0 spiro atoms. The molecule has 1 N–H and O–H groups in total. The molecular weight excluding hydrogens is 446 g/mol. The number of carbonyl (C=O) groups excluding carboxylic acids is 1. The molecule has 4 aromatic rings. The second kappa shape index (κ2) is 10.3. The van der Waals surface area contributed by atoms with Crippen LogP contribution in [0.4, 0.5) is 17.1 Å². The molecule has 0 bridgehead atoms. The summed E-state index contributed by atoms with van der Waals surface area (Å²) in [5.41, 5.74) is 7.28. The summed E-state index contributed by atoms with van der Waals surface area (Å²) >= 11 is 0. The van der Waals surface area contributed by atoms with Crippen LogP contribution in [0.25, 0.3) is 5.69 Å². The first kappa shape index (κ1) is 23.2. The maximum absolute atomic E-state index is 12.3. The van der Waals surface area contributed by atoms with Gasteiger partial charge in [-0.15, -0.1) is 5.11 Å². The van der Waals surface area contributed by atoms with Gasteiger partial charge < -0.3 is 0 Å². The number of nitrogens with one attached hydrogen (secondary N) is 1. The van der Waals surface area contributed by atoms with Gasteiger partial charge in [-0.25, -0.2) is 10.1 Å². The van der Waals surface area contributed by atoms with E-state index in [-0.39, 0.29) is 5.69 Å². The lowest BCUT2D eigenvalue weighted by Crippen LogP contribution is -2.17. The van der Waals surface area contributed by atoms with E-state index < -0.39 is 10.8 Å². The number of nitrogens with zero attached hydrogens (tertiary/aromatic N) is 6. The normalized spacial score (nSPS) is 11.3. The van der Waals surface area contributed by atoms with Gasteiger partial charge in [0.1, 0.15) is 5.69 Å². The number of benzene rings is 3. The molecule has 0 atom stereocenters. The van der Waals surface area contributed by atoms with Crippen molar-refractivity contribution in [2.24, 2.45) is 15.3 Å². The van der Waals surface area contributed by atoms with Crippen LogP contribution in [0.3, 0.4) is 0 Å². The molecule has 10 heteroatoms. The van der Waals surface area contributed by atoms with E-state index in [1.54, 1.807) is 36.4 Å². The molecule has 0 aliphatic heterocycles. The Labute approximate surface area is 200 Å². The fraction of sp³-hybridized carbons (Fsp3) is 0.0800. The van der Waals surface area contributed by atoms with Crippen molar-refractivity contribution >= 4 is 29.2 Å². The van der Waals surface area contributed by atoms with Crippen LogP contribution in [-0.2, 0) is 0 Å². The van der Waals surface area contributed by atoms with E-state index >= 15 is 0 Å². The molecule has 0 radical (unpaired) electrons. The summed E-state index contributed by atoms with van der Waals surface area (Å²) in [6, 6.07) is 22.2. The van der Waals surface area contributed by atoms with Gasteiger partial charge in [0.15, 0.2) is 0 Å². The van der Waals surface area contributed by atoms with E-state index in [9.17, 15) is 14.9 Å². The Bertz CT molecular complexity index is 1410. The number of nitro benzene ring substituents is 1. The SMILES string of the molecule is Cc1nn(-c2ccccc2)c(C)c1N=Nc1ccc(C(=O)N/N=C/c2ccc([N+](=O)[O-])cc2)cc1. The van der Waals surface area contributed by atoms with Gasteiger partial charge in [-0.2, -0.15) is 15.3 Å². The summed E-state index contributed by atoms with van der Waals surface area (Å²) in [7, 11) is 0. The van der Waals surface area contributed by atoms with E-state index in [2.05, 4.69) is 25.9 Å². The maximum atomic E-state index is 12.3. The van der Waals surface area contributed by atoms with Gasteiger partial charge in [-0.3, -0.25) is 14.9 Å². The van der Waals surface area contributed by atoms with E-state index in [1.807, 2.05) is 48.9 Å². The molecule has 4 rings (SSSR count). The minimum Gasteiger partial charge on any atom is -0.267 e. The van der Waals surface area contributed by atoms with E-state index in [1.165, 1.54) is 18.3 Å². The van der Waals surface area contributed by atoms with Crippen LogP contribution in [0, 0.1) is 24.0 Å². The molecule has 0 unspecified atom stereocenters. The highest BCUT2D eigenvalue weighted by Crippen LogP contribution is 2.27. The standard InChI is InChI=1S/C25H21N7O3/c1-17-24(18(2)31(30-17)22-6-4-3-5-7-22)28-27-21-12-10-20(11-13-21)25(33)29-26-16-19-8-14-23(15-9-19)32(34)35/h3-16H,1-2H3,(H,29,33)/b26-16+,28-27?. The van der Waals surface area contributed by atoms with Crippen molar-refractivity contribution in [3.8, 4) is 5.69 Å². The molecule has 0 saturated carbocycles. The average Bonchev–Trinajstić information content (AvgIpc) is 3.16. The van der Waals surface area contributed by atoms with Crippen LogP contribution in [0.5, 0.6) is 0 Å². The lowest BCUT2D eigenvalue weighted by atomic mass is 10.2. The van der Waals surface area contributed by atoms with Gasteiger partial charge >= 0.3 is 0 Å². The molecule has 1 heterocycles. The van der Waals surface area contributed by atoms with E-state index in [0.717, 1.165) is 17.1 Å². The van der Waals surface area contributed by atoms with E-state index in [0.29, 0.717) is 22.5 Å². The van der Waals surface area contributed by atoms with Gasteiger partial charge in [0, 0.05) is 17.7 Å². The molecule has 1 aromatic heterocycles. The Hall–Kier alpha value is -4.99. The zero-order valence-corrected chi connectivity index (χ0v) is 19.0. The minimum absolute atomic E-state index is 0.0150. The third-order valence-corrected chi connectivity index (χ3v) is 5.13. The Morgan fingerprint density at radius 2 is 1.66 bits per heavy atom. The lowest BCUT2D eigenvalue weighted by Gasteiger charge is -2.03. The fourth-order valence-corrected chi connectivity index (χ4v) is 3.30. The van der Waals surface area contributed by atoms with Crippen LogP contribution in [0.1, 0.15) is 27.3 Å². The van der Waals surface area contributed by atoms with Gasteiger partial charge in [-0.1, -0.05) is 18.2 Å². The molecule has 10 nitrogen and oxygen atoms in total. The van der Waals surface area contributed by atoms with Crippen molar-refractivity contribution in [3.63, 3.8) is 0 Å². The first-order valence-corrected chi connectivity index (χ1v) is 10.6. The van der Waals surface area contributed by atoms with Crippen LogP contribution in [-0.4, -0.2) is 26.8 Å². The van der Waals surface area contributed by atoms with Gasteiger partial charge in [0.05, 0.1) is 33.9 Å². The van der Waals surface area contributed by atoms with E-state index in [4.69, 9.17) is 0 Å². The highest BCUT2D eigenvalue weighted by Gasteiger charge is 2.12. The number of hydrazone groups is 1. The summed E-state index contributed by atoms with van der Waals surface area (Å²) in [5.74, 6) is -0.400. The zero-order chi connectivity index (χ0) is 24.8. The quantitative estimate of drug-likeness (QED) is 0.165. The van der Waals surface area contributed by atoms with Crippen molar-refractivity contribution in [1.29, 1.82) is 0 Å². The van der Waals surface area contributed by atoms with Gasteiger partial charge in [-0.05, 0) is 67.9 Å². The molecule has 0 fully saturated rings. The summed E-state index contributed by atoms with van der Waals surface area (Å²) in [6.07, 6.45) is 1.41. The number of nitro groups is 1. The molecule has 3 aromatic carbocycles. The van der Waals surface area contributed by atoms with Crippen molar-refractivity contribution in [2.45, 2.75) is 13.8 Å². The average molecular weight is 467 g/mol. The minimum atomic E-state index is -0.480. The monoisotopic (exact) mass is 467 g/mol. The number of para-hydroxylation sites is 1. The van der Waals surface area contributed by atoms with Crippen LogP contribution in [0.15, 0.2) is 94.2 Å². The first-order chi connectivity index (χ1) is 16.9. The van der Waals surface area contributed by atoms with Crippen molar-refractivity contribution in [2.75, 3.05) is 0 Å². The summed E-state index contributed by atoms with van der Waals surface area (Å²) < 4.78 is 1.83. The summed E-state index contributed by atoms with van der Waals surface area (Å²) in [5, 5.41) is 27.8. The lowest BCUT2D eigenvalue weighted by molar-refractivity contribution is -0.384. The van der Waals surface area contributed by atoms with Crippen molar-refractivity contribution in [1.82, 2.24) is 15.2 Å². The third-order valence-electron chi connectivity index (χ3n) is 5.13. The number of hydrogen-bond donors (Lipinski definition) is 1. The molecular formula is C25H21N7O3. The predicted octanol–water partition coefficient (Wildman–Crippen LogP) is 5.58. The Morgan fingerprint density at radius 3 is 2.31 bits per heavy atom. The first-order valence-electron chi connectivity index (χ1n) is 10.6. The highest BCUT2D eigenvalue weighted by atomic mass is 16.6. The van der Waals surface area contributed by atoms with Gasteiger partial charge in [0.25, 0.3) is 11.6 Å². The molecule has 174 valence electrons. The molecule has 0 aliphatic rings. The number of amides is 1. The zero-order valence-electron chi connectivity index (χ0n) is 19.0. The predicted molar refractivity (Wildman–Crippen MR) is 132 cm³/mol. The molecule has 35 heavy (non-hydrogen) atoms. The number of aromatic nitrogens is 2. The number of carbonyl (C=O) groups is 1. The molecule has 0 aliphatic carbocycles. The van der Waals surface area contributed by atoms with Crippen molar-refractivity contribution < 1.29 is 9.72 Å². The van der Waals surface area contributed by atoms with Crippen molar-refractivity contribution in [3.05, 3.63) is 111 Å². The third kappa shape index (κ3) is 5.50. The van der Waals surface area contributed by atoms with Crippen LogP contribution < -0.4 is 5.43 Å². The topological polar surface area (TPSA) is 127 Å². The maximum Gasteiger partial charge on any atom is 0.271 e. The second-order valence-corrected chi connectivity index (χ2v) is 7.56. The Morgan fingerprint density at radius 1 is 0.971 bits per heavy atom. The largest absolute Gasteiger partial charge is 0.271 e. The Kier molecular flexibility index (Phi) is 6.82. The second-order valence-electron chi connectivity index (χ2n) is 7.56. The summed E-state index contributed by atoms with van der Waals surface area (Å²) in [4.78, 5) is 22.5. The number of rotatable bonds is 7. The summed E-state index contributed by atoms with van der Waals surface area (Å²) in [6.45, 7) is 3.82. The smallest absolute Gasteiger partial charge is 0.267 e. The number of hydrogen-bond acceptors (Lipinski definition) is 7. The molecule has 1 amide bonds. The fourth-order valence-electron chi connectivity index (χ4n) is 3.30. The molecule has 0 saturated heterocycles. The number of non-ortho nitro benzene ring substituents is 1. The van der Waals surface area contributed by atoms with Gasteiger partial charge in [0.2, 0.25) is 0 Å². The highest BCUT2D eigenvalue weighted by molar-refractivity contribution is 5.95. The number of azo groups is 1. The van der Waals surface area contributed by atoms with Crippen LogP contribution >= 0.6 is 0 Å².